The second-order valence-corrected chi connectivity index (χ2v) is 6.76. The molecule has 0 radical (unpaired) electrons. The molecule has 0 saturated heterocycles. The number of hydrogen-bond acceptors (Lipinski definition) is 4. The van der Waals surface area contributed by atoms with Crippen LogP contribution >= 0.6 is 0 Å². The lowest BCUT2D eigenvalue weighted by atomic mass is 10.1. The first-order valence-electron chi connectivity index (χ1n) is 8.84. The number of aliphatic hydroxyl groups excluding tert-OH is 1. The van der Waals surface area contributed by atoms with Gasteiger partial charge in [0, 0.05) is 0 Å². The minimum atomic E-state index is -0.729. The van der Waals surface area contributed by atoms with Gasteiger partial charge in [-0.3, -0.25) is 0 Å². The fraction of sp³-hybridized carbons (Fsp3) is 0.333. The van der Waals surface area contributed by atoms with Crippen molar-refractivity contribution < 1.29 is 47.9 Å². The summed E-state index contributed by atoms with van der Waals surface area (Å²) in [5, 5.41) is 10.5. The van der Waals surface area contributed by atoms with E-state index in [9.17, 15) is 9.90 Å². The molecule has 0 aliphatic rings. The molecule has 1 unspecified atom stereocenters. The Morgan fingerprint density at radius 2 is 1.89 bits per heavy atom. The molecule has 1 aromatic heterocycles. The summed E-state index contributed by atoms with van der Waals surface area (Å²) in [4.78, 5) is 11.8. The number of para-hydroxylation sites is 1. The van der Waals surface area contributed by atoms with Crippen LogP contribution in [0.15, 0.2) is 42.7 Å². The molecule has 1 heterocycles. The number of carbonyl (C=O) groups is 1. The van der Waals surface area contributed by atoms with Crippen molar-refractivity contribution in [3.05, 3.63) is 59.4 Å². The number of aliphatic hydroxyl groups is 1. The summed E-state index contributed by atoms with van der Waals surface area (Å²) >= 11 is 0. The molecule has 0 aliphatic carbocycles. The van der Waals surface area contributed by atoms with Crippen LogP contribution in [-0.2, 0) is 18.3 Å². The zero-order valence-corrected chi connectivity index (χ0v) is 18.6. The number of aryl methyl sites for hydroxylation is 3. The third kappa shape index (κ3) is 4.64. The number of halogens is 1. The highest BCUT2D eigenvalue weighted by atomic mass is 127. The summed E-state index contributed by atoms with van der Waals surface area (Å²) < 4.78 is 14.5. The number of esters is 1. The van der Waals surface area contributed by atoms with Crippen LogP contribution in [0.25, 0.3) is 11.0 Å². The first-order valence-corrected chi connectivity index (χ1v) is 8.84. The Balaban J connectivity index is 0.00000280. The predicted molar refractivity (Wildman–Crippen MR) is 102 cm³/mol. The van der Waals surface area contributed by atoms with Crippen LogP contribution in [0.3, 0.4) is 0 Å². The van der Waals surface area contributed by atoms with Crippen LogP contribution in [0.5, 0.6) is 5.75 Å². The van der Waals surface area contributed by atoms with Gasteiger partial charge in [-0.05, 0) is 49.2 Å². The number of methoxy groups -OCH3 is 1. The molecule has 28 heavy (non-hydrogen) atoms. The molecular weight excluding hydrogens is 471 g/mol. The average molecular weight is 496 g/mol. The Hall–Kier alpha value is -2.13. The number of rotatable bonds is 6. The van der Waals surface area contributed by atoms with Crippen molar-refractivity contribution in [2.45, 2.75) is 26.5 Å². The Labute approximate surface area is 181 Å². The van der Waals surface area contributed by atoms with E-state index in [4.69, 9.17) is 9.47 Å². The first-order chi connectivity index (χ1) is 12.9. The van der Waals surface area contributed by atoms with Gasteiger partial charge in [-0.25, -0.2) is 13.9 Å². The van der Waals surface area contributed by atoms with Gasteiger partial charge in [0.25, 0.3) is 0 Å². The highest BCUT2D eigenvalue weighted by Gasteiger charge is 2.19. The highest BCUT2D eigenvalue weighted by molar-refractivity contribution is 5.92. The number of imidazole rings is 1. The maximum absolute atomic E-state index is 11.8. The van der Waals surface area contributed by atoms with E-state index in [1.807, 2.05) is 22.5 Å². The second-order valence-electron chi connectivity index (χ2n) is 6.76. The van der Waals surface area contributed by atoms with Gasteiger partial charge in [0.1, 0.15) is 30.6 Å². The number of aromatic nitrogens is 2. The van der Waals surface area contributed by atoms with Crippen molar-refractivity contribution in [2.24, 2.45) is 7.05 Å². The number of hydrogen-bond donors (Lipinski definition) is 1. The molecule has 0 spiro atoms. The fourth-order valence-electron chi connectivity index (χ4n) is 3.11. The summed E-state index contributed by atoms with van der Waals surface area (Å²) in [5.74, 6) is -0.0628. The van der Waals surface area contributed by atoms with Gasteiger partial charge in [-0.1, -0.05) is 12.1 Å². The molecule has 0 saturated carbocycles. The molecule has 0 bridgehead atoms. The average Bonchev–Trinajstić information content (AvgIpc) is 2.94. The molecule has 0 amide bonds. The smallest absolute Gasteiger partial charge is 0.341 e. The van der Waals surface area contributed by atoms with Crippen LogP contribution in [0.1, 0.15) is 21.5 Å². The van der Waals surface area contributed by atoms with E-state index in [0.29, 0.717) is 17.9 Å². The minimum absolute atomic E-state index is 0. The lowest BCUT2D eigenvalue weighted by Crippen LogP contribution is -3.00. The standard InChI is InChI=1S/C21H25N2O4.HI/c1-14-9-18-19(10-15(14)2)23(13-22(18)3)11-16(24)12-27-20-8-6-5-7-17(20)21(25)26-4;/h5-10,13,16,24H,11-12H2,1-4H3;1H/q+1;/p-1. The Bertz CT molecular complexity index is 984. The minimum Gasteiger partial charge on any atom is -1.00 e. The van der Waals surface area contributed by atoms with Crippen LogP contribution in [0.2, 0.25) is 0 Å². The lowest BCUT2D eigenvalue weighted by molar-refractivity contribution is -0.645. The van der Waals surface area contributed by atoms with Gasteiger partial charge in [-0.2, -0.15) is 0 Å². The van der Waals surface area contributed by atoms with Gasteiger partial charge in [-0.15, -0.1) is 0 Å². The highest BCUT2D eigenvalue weighted by Crippen LogP contribution is 2.20. The molecule has 1 atom stereocenters. The van der Waals surface area contributed by atoms with Gasteiger partial charge in [0.2, 0.25) is 6.33 Å². The zero-order chi connectivity index (χ0) is 19.6. The third-order valence-electron chi connectivity index (χ3n) is 4.72. The topological polar surface area (TPSA) is 64.6 Å². The molecule has 6 nitrogen and oxygen atoms in total. The van der Waals surface area contributed by atoms with Crippen molar-refractivity contribution >= 4 is 17.0 Å². The largest absolute Gasteiger partial charge is 1.00 e. The van der Waals surface area contributed by atoms with Crippen LogP contribution in [0, 0.1) is 13.8 Å². The molecule has 3 rings (SSSR count). The maximum atomic E-state index is 11.8. The number of benzene rings is 2. The van der Waals surface area contributed by atoms with E-state index in [1.165, 1.54) is 18.2 Å². The predicted octanol–water partition coefficient (Wildman–Crippen LogP) is -0.687. The maximum Gasteiger partial charge on any atom is 0.341 e. The summed E-state index contributed by atoms with van der Waals surface area (Å²) in [7, 11) is 3.32. The molecule has 2 aromatic carbocycles. The summed E-state index contributed by atoms with van der Waals surface area (Å²) in [6.07, 6.45) is 1.24. The summed E-state index contributed by atoms with van der Waals surface area (Å²) in [6.45, 7) is 4.63. The van der Waals surface area contributed by atoms with Gasteiger partial charge < -0.3 is 38.6 Å². The van der Waals surface area contributed by atoms with Crippen LogP contribution in [0.4, 0.5) is 0 Å². The quantitative estimate of drug-likeness (QED) is 0.279. The Kier molecular flexibility index (Phi) is 7.42. The van der Waals surface area contributed by atoms with Gasteiger partial charge >= 0.3 is 5.97 Å². The van der Waals surface area contributed by atoms with Crippen molar-refractivity contribution in [3.8, 4) is 5.75 Å². The number of fused-ring (bicyclic) bond motifs is 1. The normalized spacial score (nSPS) is 11.8. The number of carbonyl (C=O) groups excluding carboxylic acids is 1. The van der Waals surface area contributed by atoms with Crippen LogP contribution < -0.4 is 33.3 Å². The van der Waals surface area contributed by atoms with Gasteiger partial charge in [0.05, 0.1) is 14.2 Å². The van der Waals surface area contributed by atoms with Crippen molar-refractivity contribution in [2.75, 3.05) is 13.7 Å². The molecule has 0 fully saturated rings. The molecule has 7 heteroatoms. The van der Waals surface area contributed by atoms with Gasteiger partial charge in [0.15, 0.2) is 11.0 Å². The molecule has 150 valence electrons. The van der Waals surface area contributed by atoms with E-state index >= 15 is 0 Å². The SMILES string of the molecule is COC(=O)c1ccccc1OCC(O)Cn1c[n+](C)c2cc(C)c(C)cc21.[I-]. The first kappa shape index (κ1) is 22.2. The number of nitrogens with zero attached hydrogens (tertiary/aromatic N) is 2. The molecule has 0 aliphatic heterocycles. The molecular formula is C21H25IN2O4. The third-order valence-corrected chi connectivity index (χ3v) is 4.72. The Morgan fingerprint density at radius 1 is 1.21 bits per heavy atom. The van der Waals surface area contributed by atoms with Crippen molar-refractivity contribution in [3.63, 3.8) is 0 Å². The van der Waals surface area contributed by atoms with Crippen molar-refractivity contribution in [1.82, 2.24) is 4.57 Å². The molecule has 1 N–H and O–H groups in total. The second kappa shape index (κ2) is 9.38. The molecule has 3 aromatic rings. The van der Waals surface area contributed by atoms with E-state index in [2.05, 4.69) is 26.0 Å². The van der Waals surface area contributed by atoms with Crippen LogP contribution in [-0.4, -0.2) is 35.5 Å². The zero-order valence-electron chi connectivity index (χ0n) is 16.5. The van der Waals surface area contributed by atoms with E-state index < -0.39 is 12.1 Å². The van der Waals surface area contributed by atoms with E-state index in [0.717, 1.165) is 11.0 Å². The summed E-state index contributed by atoms with van der Waals surface area (Å²) in [5.41, 5.74) is 4.97. The number of ether oxygens (including phenoxy) is 2. The lowest BCUT2D eigenvalue weighted by Gasteiger charge is -2.13. The van der Waals surface area contributed by atoms with E-state index in [-0.39, 0.29) is 30.6 Å². The summed E-state index contributed by atoms with van der Waals surface area (Å²) in [6, 6.07) is 11.1. The monoisotopic (exact) mass is 496 g/mol. The fourth-order valence-corrected chi connectivity index (χ4v) is 3.11. The van der Waals surface area contributed by atoms with E-state index in [1.54, 1.807) is 24.3 Å². The van der Waals surface area contributed by atoms with Crippen molar-refractivity contribution in [1.29, 1.82) is 0 Å². The Morgan fingerprint density at radius 3 is 2.61 bits per heavy atom.